The van der Waals surface area contributed by atoms with E-state index in [-0.39, 0.29) is 5.17 Å². The number of nitrogens with one attached hydrogen (secondary N) is 1. The molecule has 0 aromatic heterocycles. The number of ether oxygens (including phenoxy) is 1. The van der Waals surface area contributed by atoms with Gasteiger partial charge in [0.15, 0.2) is 5.17 Å². The van der Waals surface area contributed by atoms with Crippen LogP contribution in [0.25, 0.3) is 0 Å². The number of rotatable bonds is 2. The third kappa shape index (κ3) is 2.68. The summed E-state index contributed by atoms with van der Waals surface area (Å²) in [6.07, 6.45) is 5.02. The van der Waals surface area contributed by atoms with Gasteiger partial charge in [-0.2, -0.15) is 0 Å². The summed E-state index contributed by atoms with van der Waals surface area (Å²) in [5, 5.41) is 7.80. The third-order valence-electron chi connectivity index (χ3n) is 2.22. The fraction of sp³-hybridized carbons (Fsp3) is 0.875. The molecule has 0 heterocycles. The predicted octanol–water partition coefficient (Wildman–Crippen LogP) is 1.57. The molecule has 2 atom stereocenters. The maximum absolute atomic E-state index is 7.18. The minimum absolute atomic E-state index is 0.212. The Balaban J connectivity index is 2.41. The highest BCUT2D eigenvalue weighted by atomic mass is 32.2. The van der Waals surface area contributed by atoms with Gasteiger partial charge in [0.05, 0.1) is 6.10 Å². The van der Waals surface area contributed by atoms with Crippen LogP contribution in [0, 0.1) is 5.41 Å². The minimum Gasteiger partial charge on any atom is -0.380 e. The second kappa shape index (κ2) is 4.72. The predicted molar refractivity (Wildman–Crippen MR) is 52.6 cm³/mol. The summed E-state index contributed by atoms with van der Waals surface area (Å²) < 4.78 is 5.33. The summed E-state index contributed by atoms with van der Waals surface area (Å²) in [7, 11) is 1.74. The molecule has 2 unspecified atom stereocenters. The summed E-state index contributed by atoms with van der Waals surface area (Å²) in [4.78, 5) is 0. The Hall–Kier alpha value is -0.220. The Kier molecular flexibility index (Phi) is 3.88. The van der Waals surface area contributed by atoms with Gasteiger partial charge in [-0.1, -0.05) is 24.6 Å². The van der Waals surface area contributed by atoms with E-state index in [0.29, 0.717) is 11.4 Å². The highest BCUT2D eigenvalue weighted by Gasteiger charge is 2.25. The molecule has 12 heavy (non-hydrogen) atoms. The summed E-state index contributed by atoms with van der Waals surface area (Å²) in [6.45, 7) is 0. The van der Waals surface area contributed by atoms with Gasteiger partial charge in [0.2, 0.25) is 0 Å². The van der Waals surface area contributed by atoms with E-state index in [2.05, 4.69) is 0 Å². The highest BCUT2D eigenvalue weighted by Crippen LogP contribution is 2.29. The summed E-state index contributed by atoms with van der Waals surface area (Å²) in [5.74, 6) is 0. The number of hydrogen-bond donors (Lipinski definition) is 2. The third-order valence-corrected chi connectivity index (χ3v) is 3.32. The van der Waals surface area contributed by atoms with Gasteiger partial charge in [-0.25, -0.2) is 0 Å². The Labute approximate surface area is 77.5 Å². The van der Waals surface area contributed by atoms with Gasteiger partial charge in [-0.05, 0) is 12.8 Å². The molecule has 0 bridgehead atoms. The lowest BCUT2D eigenvalue weighted by molar-refractivity contribution is 0.0766. The maximum Gasteiger partial charge on any atom is 0.151 e. The first-order valence-electron chi connectivity index (χ1n) is 4.27. The molecule has 0 aliphatic heterocycles. The Morgan fingerprint density at radius 3 is 2.75 bits per heavy atom. The van der Waals surface area contributed by atoms with E-state index in [4.69, 9.17) is 15.9 Å². The Bertz CT molecular complexity index is 163. The van der Waals surface area contributed by atoms with Crippen LogP contribution in [0.15, 0.2) is 0 Å². The van der Waals surface area contributed by atoms with Crippen LogP contribution in [0.2, 0.25) is 0 Å². The van der Waals surface area contributed by atoms with Crippen LogP contribution < -0.4 is 5.73 Å². The zero-order valence-corrected chi connectivity index (χ0v) is 8.19. The molecule has 1 saturated carbocycles. The van der Waals surface area contributed by atoms with Crippen LogP contribution in [-0.4, -0.2) is 23.6 Å². The first kappa shape index (κ1) is 9.86. The van der Waals surface area contributed by atoms with E-state index in [9.17, 15) is 0 Å². The number of amidine groups is 1. The Morgan fingerprint density at radius 1 is 1.50 bits per heavy atom. The number of hydrogen-bond acceptors (Lipinski definition) is 3. The van der Waals surface area contributed by atoms with Gasteiger partial charge in [-0.15, -0.1) is 0 Å². The van der Waals surface area contributed by atoms with Gasteiger partial charge < -0.3 is 10.5 Å². The minimum atomic E-state index is 0.212. The largest absolute Gasteiger partial charge is 0.380 e. The molecule has 3 nitrogen and oxygen atoms in total. The topological polar surface area (TPSA) is 59.1 Å². The zero-order chi connectivity index (χ0) is 8.97. The second-order valence-corrected chi connectivity index (χ2v) is 4.36. The lowest BCUT2D eigenvalue weighted by Crippen LogP contribution is -2.31. The average Bonchev–Trinajstić information content (AvgIpc) is 2.04. The van der Waals surface area contributed by atoms with Crippen LogP contribution in [0.5, 0.6) is 0 Å². The van der Waals surface area contributed by atoms with E-state index in [1.165, 1.54) is 24.6 Å². The highest BCUT2D eigenvalue weighted by molar-refractivity contribution is 8.14. The monoisotopic (exact) mass is 188 g/mol. The number of methoxy groups -OCH3 is 1. The van der Waals surface area contributed by atoms with Crippen LogP contribution in [-0.2, 0) is 4.74 Å². The SMILES string of the molecule is COC1CCCCC1SC(=N)N. The van der Waals surface area contributed by atoms with Crippen molar-refractivity contribution in [2.24, 2.45) is 5.73 Å². The molecular weight excluding hydrogens is 172 g/mol. The second-order valence-electron chi connectivity index (χ2n) is 3.08. The smallest absolute Gasteiger partial charge is 0.151 e. The molecule has 3 N–H and O–H groups in total. The average molecular weight is 188 g/mol. The number of nitrogens with two attached hydrogens (primary N) is 1. The molecule has 0 spiro atoms. The van der Waals surface area contributed by atoms with Crippen LogP contribution in [0.1, 0.15) is 25.7 Å². The van der Waals surface area contributed by atoms with Crippen molar-refractivity contribution in [1.29, 1.82) is 5.41 Å². The van der Waals surface area contributed by atoms with Gasteiger partial charge >= 0.3 is 0 Å². The lowest BCUT2D eigenvalue weighted by Gasteiger charge is -2.29. The fourth-order valence-electron chi connectivity index (χ4n) is 1.63. The molecule has 0 radical (unpaired) electrons. The normalized spacial score (nSPS) is 30.1. The van der Waals surface area contributed by atoms with Crippen molar-refractivity contribution in [2.45, 2.75) is 37.0 Å². The molecule has 0 aromatic carbocycles. The molecule has 1 aliphatic rings. The molecule has 0 saturated heterocycles. The molecule has 70 valence electrons. The van der Waals surface area contributed by atoms with Crippen molar-refractivity contribution in [2.75, 3.05) is 7.11 Å². The van der Waals surface area contributed by atoms with Crippen molar-refractivity contribution >= 4 is 16.9 Å². The standard InChI is InChI=1S/C8H16N2OS/c1-11-6-4-2-3-5-7(6)12-8(9)10/h6-7H,2-5H2,1H3,(H3,9,10). The van der Waals surface area contributed by atoms with Crippen LogP contribution in [0.3, 0.4) is 0 Å². The molecule has 1 fully saturated rings. The van der Waals surface area contributed by atoms with Gasteiger partial charge in [0, 0.05) is 12.4 Å². The van der Waals surface area contributed by atoms with Crippen molar-refractivity contribution in [3.8, 4) is 0 Å². The fourth-order valence-corrected chi connectivity index (χ4v) is 2.64. The van der Waals surface area contributed by atoms with E-state index < -0.39 is 0 Å². The lowest BCUT2D eigenvalue weighted by atomic mass is 9.97. The first-order valence-corrected chi connectivity index (χ1v) is 5.15. The van der Waals surface area contributed by atoms with Gasteiger partial charge in [-0.3, -0.25) is 5.41 Å². The van der Waals surface area contributed by atoms with Crippen molar-refractivity contribution < 1.29 is 4.74 Å². The van der Waals surface area contributed by atoms with E-state index in [1.807, 2.05) is 0 Å². The van der Waals surface area contributed by atoms with Crippen LogP contribution in [0.4, 0.5) is 0 Å². The van der Waals surface area contributed by atoms with Crippen molar-refractivity contribution in [1.82, 2.24) is 0 Å². The molecule has 4 heteroatoms. The number of thioether (sulfide) groups is 1. The van der Waals surface area contributed by atoms with E-state index in [0.717, 1.165) is 12.8 Å². The Morgan fingerprint density at radius 2 is 2.17 bits per heavy atom. The van der Waals surface area contributed by atoms with E-state index >= 15 is 0 Å². The molecule has 1 rings (SSSR count). The summed E-state index contributed by atoms with van der Waals surface area (Å²) in [5.41, 5.74) is 5.33. The summed E-state index contributed by atoms with van der Waals surface area (Å²) in [6, 6.07) is 0. The first-order chi connectivity index (χ1) is 5.74. The summed E-state index contributed by atoms with van der Waals surface area (Å²) >= 11 is 1.44. The molecule has 0 aromatic rings. The molecular formula is C8H16N2OS. The van der Waals surface area contributed by atoms with Crippen molar-refractivity contribution in [3.63, 3.8) is 0 Å². The molecule has 1 aliphatic carbocycles. The molecule has 0 amide bonds. The van der Waals surface area contributed by atoms with Gasteiger partial charge in [0.1, 0.15) is 0 Å². The van der Waals surface area contributed by atoms with Crippen molar-refractivity contribution in [3.05, 3.63) is 0 Å². The zero-order valence-electron chi connectivity index (χ0n) is 7.38. The van der Waals surface area contributed by atoms with E-state index in [1.54, 1.807) is 7.11 Å². The van der Waals surface area contributed by atoms with Crippen LogP contribution >= 0.6 is 11.8 Å². The quantitative estimate of drug-likeness (QED) is 0.511. The van der Waals surface area contributed by atoms with Gasteiger partial charge in [0.25, 0.3) is 0 Å². The maximum atomic E-state index is 7.18.